The Morgan fingerprint density at radius 3 is 2.82 bits per heavy atom. The molecule has 3 N–H and O–H groups in total. The molecule has 122 valence electrons. The molecule has 2 heterocycles. The van der Waals surface area contributed by atoms with Crippen LogP contribution in [0.25, 0.3) is 0 Å². The first-order chi connectivity index (χ1) is 10.7. The van der Waals surface area contributed by atoms with Crippen molar-refractivity contribution in [2.45, 2.75) is 26.4 Å². The van der Waals surface area contributed by atoms with Gasteiger partial charge in [0.25, 0.3) is 5.91 Å². The van der Waals surface area contributed by atoms with Crippen LogP contribution in [0.2, 0.25) is 0 Å². The molecular weight excluding hydrogens is 280 g/mol. The third-order valence-electron chi connectivity index (χ3n) is 4.04. The van der Waals surface area contributed by atoms with Crippen LogP contribution in [-0.2, 0) is 0 Å². The molecule has 6 nitrogen and oxygen atoms in total. The Morgan fingerprint density at radius 1 is 1.45 bits per heavy atom. The molecule has 0 spiro atoms. The van der Waals surface area contributed by atoms with Gasteiger partial charge in [-0.1, -0.05) is 6.92 Å². The highest BCUT2D eigenvalue weighted by Gasteiger charge is 2.25. The zero-order valence-corrected chi connectivity index (χ0v) is 13.4. The molecule has 1 fully saturated rings. The highest BCUT2D eigenvalue weighted by atomic mass is 16.3. The van der Waals surface area contributed by atoms with Crippen LogP contribution in [0.3, 0.4) is 0 Å². The summed E-state index contributed by atoms with van der Waals surface area (Å²) in [6.07, 6.45) is 2.30. The van der Waals surface area contributed by atoms with Gasteiger partial charge in [-0.2, -0.15) is 0 Å². The molecule has 1 aromatic rings. The summed E-state index contributed by atoms with van der Waals surface area (Å²) in [5.41, 5.74) is 0.553. The van der Waals surface area contributed by atoms with Crippen molar-refractivity contribution in [2.75, 3.05) is 37.6 Å². The van der Waals surface area contributed by atoms with E-state index < -0.39 is 0 Å². The molecule has 1 amide bonds. The fourth-order valence-corrected chi connectivity index (χ4v) is 2.67. The number of rotatable bonds is 7. The van der Waals surface area contributed by atoms with Gasteiger partial charge >= 0.3 is 0 Å². The number of carbonyl (C=O) groups excluding carboxylic acids is 1. The lowest BCUT2D eigenvalue weighted by molar-refractivity contribution is 0.0926. The van der Waals surface area contributed by atoms with E-state index in [9.17, 15) is 9.90 Å². The fourth-order valence-electron chi connectivity index (χ4n) is 2.67. The number of nitrogens with zero attached hydrogens (tertiary/aromatic N) is 2. The first-order valence-electron chi connectivity index (χ1n) is 8.03. The smallest absolute Gasteiger partial charge is 0.252 e. The van der Waals surface area contributed by atoms with Crippen LogP contribution < -0.4 is 15.5 Å². The van der Waals surface area contributed by atoms with E-state index in [0.717, 1.165) is 31.9 Å². The predicted molar refractivity (Wildman–Crippen MR) is 87.1 cm³/mol. The zero-order valence-electron chi connectivity index (χ0n) is 13.4. The van der Waals surface area contributed by atoms with Crippen molar-refractivity contribution >= 4 is 11.7 Å². The molecule has 2 unspecified atom stereocenters. The van der Waals surface area contributed by atoms with E-state index in [2.05, 4.69) is 34.4 Å². The van der Waals surface area contributed by atoms with Gasteiger partial charge in [0.15, 0.2) is 0 Å². The third-order valence-corrected chi connectivity index (χ3v) is 4.04. The quantitative estimate of drug-likeness (QED) is 0.689. The molecule has 0 radical (unpaired) electrons. The standard InChI is InChI=1S/C16H26N4O2/c1-3-7-20(4-2)15-6-5-12(9-18-15)16(22)19-10-13-8-17-11-14(13)21/h5-6,9,13-14,17,21H,3-4,7-8,10-11H2,1-2H3,(H,19,22). The lowest BCUT2D eigenvalue weighted by Gasteiger charge is -2.21. The van der Waals surface area contributed by atoms with Crippen LogP contribution in [0.1, 0.15) is 30.6 Å². The van der Waals surface area contributed by atoms with Crippen LogP contribution in [0.4, 0.5) is 5.82 Å². The minimum absolute atomic E-state index is 0.0799. The van der Waals surface area contributed by atoms with E-state index in [1.807, 2.05) is 6.07 Å². The summed E-state index contributed by atoms with van der Waals surface area (Å²) in [7, 11) is 0. The number of anilines is 1. The Balaban J connectivity index is 1.90. The molecule has 1 aliphatic heterocycles. The molecule has 2 atom stereocenters. The van der Waals surface area contributed by atoms with E-state index in [1.54, 1.807) is 12.3 Å². The number of pyridine rings is 1. The van der Waals surface area contributed by atoms with E-state index in [-0.39, 0.29) is 17.9 Å². The Kier molecular flexibility index (Phi) is 6.15. The predicted octanol–water partition coefficient (Wildman–Crippen LogP) is 0.628. The number of hydrogen-bond acceptors (Lipinski definition) is 5. The molecule has 0 saturated carbocycles. The molecule has 0 aliphatic carbocycles. The maximum atomic E-state index is 12.1. The van der Waals surface area contributed by atoms with Crippen molar-refractivity contribution in [1.82, 2.24) is 15.6 Å². The van der Waals surface area contributed by atoms with Crippen LogP contribution in [0.5, 0.6) is 0 Å². The minimum Gasteiger partial charge on any atom is -0.391 e. The second-order valence-corrected chi connectivity index (χ2v) is 5.68. The minimum atomic E-state index is -0.382. The Labute approximate surface area is 131 Å². The highest BCUT2D eigenvalue weighted by molar-refractivity contribution is 5.94. The van der Waals surface area contributed by atoms with Crippen molar-refractivity contribution in [3.05, 3.63) is 23.9 Å². The summed E-state index contributed by atoms with van der Waals surface area (Å²) >= 11 is 0. The summed E-state index contributed by atoms with van der Waals surface area (Å²) in [5.74, 6) is 0.837. The largest absolute Gasteiger partial charge is 0.391 e. The van der Waals surface area contributed by atoms with Gasteiger partial charge in [-0.15, -0.1) is 0 Å². The van der Waals surface area contributed by atoms with Gasteiger partial charge in [-0.3, -0.25) is 4.79 Å². The average Bonchev–Trinajstić information content (AvgIpc) is 2.95. The van der Waals surface area contributed by atoms with Crippen LogP contribution in [0, 0.1) is 5.92 Å². The summed E-state index contributed by atoms with van der Waals surface area (Å²) in [5, 5.41) is 15.7. The first-order valence-corrected chi connectivity index (χ1v) is 8.03. The maximum absolute atomic E-state index is 12.1. The fraction of sp³-hybridized carbons (Fsp3) is 0.625. The second kappa shape index (κ2) is 8.10. The van der Waals surface area contributed by atoms with E-state index >= 15 is 0 Å². The molecule has 22 heavy (non-hydrogen) atoms. The van der Waals surface area contributed by atoms with E-state index in [1.165, 1.54) is 0 Å². The highest BCUT2D eigenvalue weighted by Crippen LogP contribution is 2.12. The van der Waals surface area contributed by atoms with Gasteiger partial charge in [0.1, 0.15) is 5.82 Å². The number of carbonyl (C=O) groups is 1. The normalized spacial score (nSPS) is 20.9. The number of aliphatic hydroxyl groups excluding tert-OH is 1. The van der Waals surface area contributed by atoms with Crippen LogP contribution >= 0.6 is 0 Å². The number of aromatic nitrogens is 1. The lowest BCUT2D eigenvalue weighted by atomic mass is 10.1. The topological polar surface area (TPSA) is 77.5 Å². The van der Waals surface area contributed by atoms with Crippen molar-refractivity contribution in [3.63, 3.8) is 0 Å². The van der Waals surface area contributed by atoms with Crippen LogP contribution in [-0.4, -0.2) is 54.8 Å². The number of amides is 1. The SMILES string of the molecule is CCCN(CC)c1ccc(C(=O)NCC2CNCC2O)cn1. The molecular formula is C16H26N4O2. The van der Waals surface area contributed by atoms with E-state index in [0.29, 0.717) is 18.7 Å². The second-order valence-electron chi connectivity index (χ2n) is 5.68. The van der Waals surface area contributed by atoms with Gasteiger partial charge in [0, 0.05) is 44.8 Å². The Bertz CT molecular complexity index is 478. The first kappa shape index (κ1) is 16.7. The van der Waals surface area contributed by atoms with Crippen molar-refractivity contribution < 1.29 is 9.90 Å². The maximum Gasteiger partial charge on any atom is 0.252 e. The zero-order chi connectivity index (χ0) is 15.9. The average molecular weight is 306 g/mol. The Hall–Kier alpha value is -1.66. The van der Waals surface area contributed by atoms with E-state index in [4.69, 9.17) is 0 Å². The summed E-state index contributed by atoms with van der Waals surface area (Å²) in [6, 6.07) is 3.69. The van der Waals surface area contributed by atoms with Gasteiger partial charge in [-0.05, 0) is 25.5 Å². The molecule has 1 saturated heterocycles. The number of β-amino-alcohol motifs (C(OH)–C–C–N with tert-alkyl or cyclic N) is 1. The lowest BCUT2D eigenvalue weighted by Crippen LogP contribution is -2.34. The van der Waals surface area contributed by atoms with Crippen molar-refractivity contribution in [1.29, 1.82) is 0 Å². The Morgan fingerprint density at radius 2 is 2.27 bits per heavy atom. The summed E-state index contributed by atoms with van der Waals surface area (Å²) in [4.78, 5) is 18.7. The number of hydrogen-bond donors (Lipinski definition) is 3. The molecule has 1 aliphatic rings. The summed E-state index contributed by atoms with van der Waals surface area (Å²) in [6.45, 7) is 7.91. The van der Waals surface area contributed by atoms with Gasteiger partial charge in [-0.25, -0.2) is 4.98 Å². The van der Waals surface area contributed by atoms with Crippen molar-refractivity contribution in [3.8, 4) is 0 Å². The summed E-state index contributed by atoms with van der Waals surface area (Å²) < 4.78 is 0. The molecule has 1 aromatic heterocycles. The molecule has 6 heteroatoms. The van der Waals surface area contributed by atoms with Crippen LogP contribution in [0.15, 0.2) is 18.3 Å². The molecule has 0 bridgehead atoms. The number of aliphatic hydroxyl groups is 1. The van der Waals surface area contributed by atoms with Crippen molar-refractivity contribution in [2.24, 2.45) is 5.92 Å². The molecule has 0 aromatic carbocycles. The van der Waals surface area contributed by atoms with Gasteiger partial charge in [0.2, 0.25) is 0 Å². The molecule has 2 rings (SSSR count). The van der Waals surface area contributed by atoms with Gasteiger partial charge in [0.05, 0.1) is 11.7 Å². The third kappa shape index (κ3) is 4.18. The van der Waals surface area contributed by atoms with Gasteiger partial charge < -0.3 is 20.6 Å². The monoisotopic (exact) mass is 306 g/mol. The number of nitrogens with one attached hydrogen (secondary N) is 2.